The van der Waals surface area contributed by atoms with Gasteiger partial charge in [0, 0.05) is 12.1 Å². The molecule has 1 fully saturated rings. The number of carbonyl (C=O) groups is 1. The van der Waals surface area contributed by atoms with Crippen molar-refractivity contribution in [2.45, 2.75) is 50.5 Å². The topological polar surface area (TPSA) is 64.3 Å². The lowest BCUT2D eigenvalue weighted by Crippen LogP contribution is -2.50. The van der Waals surface area contributed by atoms with Crippen molar-refractivity contribution in [1.29, 1.82) is 0 Å². The minimum absolute atomic E-state index is 0. The number of nitrogens with two attached hydrogens (primary N) is 1. The summed E-state index contributed by atoms with van der Waals surface area (Å²) in [6.45, 7) is 4.32. The predicted molar refractivity (Wildman–Crippen MR) is 91.7 cm³/mol. The second-order valence-corrected chi connectivity index (χ2v) is 6.69. The molecule has 4 nitrogen and oxygen atoms in total. The molecule has 0 spiro atoms. The molecule has 0 saturated heterocycles. The largest absolute Gasteiger partial charge is 0.497 e. The lowest BCUT2D eigenvalue weighted by atomic mass is 9.77. The lowest BCUT2D eigenvalue weighted by Gasteiger charge is -2.30. The molecule has 0 bridgehead atoms. The van der Waals surface area contributed by atoms with Gasteiger partial charge in [-0.15, -0.1) is 12.4 Å². The molecule has 0 atom stereocenters. The van der Waals surface area contributed by atoms with Crippen LogP contribution in [-0.2, 0) is 10.2 Å². The number of carbonyl (C=O) groups excluding carboxylic acids is 1. The number of hydrogen-bond donors (Lipinski definition) is 2. The van der Waals surface area contributed by atoms with E-state index in [1.165, 1.54) is 0 Å². The number of hydrogen-bond acceptors (Lipinski definition) is 3. The van der Waals surface area contributed by atoms with Crippen molar-refractivity contribution in [1.82, 2.24) is 5.32 Å². The average molecular weight is 327 g/mol. The minimum Gasteiger partial charge on any atom is -0.497 e. The highest BCUT2D eigenvalue weighted by Gasteiger charge is 2.42. The van der Waals surface area contributed by atoms with Crippen LogP contribution in [0.15, 0.2) is 24.3 Å². The lowest BCUT2D eigenvalue weighted by molar-refractivity contribution is -0.126. The zero-order valence-corrected chi connectivity index (χ0v) is 14.5. The van der Waals surface area contributed by atoms with Crippen molar-refractivity contribution in [3.63, 3.8) is 0 Å². The molecule has 1 aliphatic rings. The van der Waals surface area contributed by atoms with Crippen LogP contribution in [0.3, 0.4) is 0 Å². The van der Waals surface area contributed by atoms with Gasteiger partial charge in [-0.05, 0) is 44.4 Å². The second kappa shape index (κ2) is 7.34. The summed E-state index contributed by atoms with van der Waals surface area (Å²) in [5.74, 6) is 0.887. The van der Waals surface area contributed by atoms with E-state index in [2.05, 4.69) is 5.32 Å². The zero-order valence-electron chi connectivity index (χ0n) is 13.6. The molecule has 2 rings (SSSR count). The highest BCUT2D eigenvalue weighted by atomic mass is 35.5. The standard InChI is InChI=1S/C17H26N2O2.ClH/c1-16(2,18)12-19-15(20)17(9-4-5-10-17)13-7-6-8-14(11-13)21-3;/h6-8,11H,4-5,9-10,12,18H2,1-3H3,(H,19,20);1H. The van der Waals surface area contributed by atoms with Crippen LogP contribution in [0.1, 0.15) is 45.1 Å². The van der Waals surface area contributed by atoms with Crippen molar-refractivity contribution < 1.29 is 9.53 Å². The van der Waals surface area contributed by atoms with Gasteiger partial charge in [0.25, 0.3) is 0 Å². The molecular weight excluding hydrogens is 300 g/mol. The summed E-state index contributed by atoms with van der Waals surface area (Å²) in [6.07, 6.45) is 3.93. The molecule has 1 aromatic carbocycles. The summed E-state index contributed by atoms with van der Waals surface area (Å²) in [4.78, 5) is 12.8. The Balaban J connectivity index is 0.00000242. The minimum atomic E-state index is -0.431. The smallest absolute Gasteiger partial charge is 0.230 e. The van der Waals surface area contributed by atoms with Gasteiger partial charge < -0.3 is 15.8 Å². The van der Waals surface area contributed by atoms with E-state index in [0.29, 0.717) is 6.54 Å². The third-order valence-electron chi connectivity index (χ3n) is 4.22. The highest BCUT2D eigenvalue weighted by molar-refractivity contribution is 5.88. The van der Waals surface area contributed by atoms with Crippen molar-refractivity contribution in [3.05, 3.63) is 29.8 Å². The van der Waals surface area contributed by atoms with E-state index in [4.69, 9.17) is 10.5 Å². The summed E-state index contributed by atoms with van der Waals surface area (Å²) in [7, 11) is 1.65. The maximum Gasteiger partial charge on any atom is 0.230 e. The molecule has 0 heterocycles. The van der Waals surface area contributed by atoms with Crippen LogP contribution >= 0.6 is 12.4 Å². The fourth-order valence-electron chi connectivity index (χ4n) is 3.02. The van der Waals surface area contributed by atoms with Crippen LogP contribution in [-0.4, -0.2) is 25.1 Å². The van der Waals surface area contributed by atoms with Crippen molar-refractivity contribution in [3.8, 4) is 5.75 Å². The second-order valence-electron chi connectivity index (χ2n) is 6.69. The quantitative estimate of drug-likeness (QED) is 0.874. The first kappa shape index (κ1) is 18.8. The highest BCUT2D eigenvalue weighted by Crippen LogP contribution is 2.42. The Morgan fingerprint density at radius 1 is 1.36 bits per heavy atom. The maximum atomic E-state index is 12.8. The van der Waals surface area contributed by atoms with E-state index < -0.39 is 11.0 Å². The molecule has 0 aliphatic heterocycles. The van der Waals surface area contributed by atoms with Crippen LogP contribution < -0.4 is 15.8 Å². The molecule has 5 heteroatoms. The summed E-state index contributed by atoms with van der Waals surface area (Å²) in [5, 5.41) is 3.04. The summed E-state index contributed by atoms with van der Waals surface area (Å²) in [5.41, 5.74) is 6.19. The van der Waals surface area contributed by atoms with E-state index in [0.717, 1.165) is 37.0 Å². The molecule has 1 aromatic rings. The number of ether oxygens (including phenoxy) is 1. The van der Waals surface area contributed by atoms with Crippen LogP contribution in [0.25, 0.3) is 0 Å². The van der Waals surface area contributed by atoms with Crippen LogP contribution in [0.4, 0.5) is 0 Å². The van der Waals surface area contributed by atoms with Gasteiger partial charge in [0.15, 0.2) is 0 Å². The van der Waals surface area contributed by atoms with E-state index in [1.54, 1.807) is 7.11 Å². The first-order chi connectivity index (χ1) is 9.87. The van der Waals surface area contributed by atoms with E-state index >= 15 is 0 Å². The Hall–Kier alpha value is -1.26. The number of methoxy groups -OCH3 is 1. The fourth-order valence-corrected chi connectivity index (χ4v) is 3.02. The molecule has 1 aliphatic carbocycles. The summed E-state index contributed by atoms with van der Waals surface area (Å²) in [6, 6.07) is 7.88. The van der Waals surface area contributed by atoms with Gasteiger partial charge in [0.1, 0.15) is 5.75 Å². The molecule has 1 saturated carbocycles. The zero-order chi connectivity index (χ0) is 15.5. The van der Waals surface area contributed by atoms with Crippen molar-refractivity contribution in [2.24, 2.45) is 5.73 Å². The van der Waals surface area contributed by atoms with Crippen molar-refractivity contribution >= 4 is 18.3 Å². The third kappa shape index (κ3) is 4.14. The number of amides is 1. The molecule has 0 radical (unpaired) electrons. The van der Waals surface area contributed by atoms with Crippen LogP contribution in [0, 0.1) is 0 Å². The van der Waals surface area contributed by atoms with Gasteiger partial charge in [-0.25, -0.2) is 0 Å². The number of benzene rings is 1. The molecule has 1 amide bonds. The normalized spacial score (nSPS) is 16.7. The third-order valence-corrected chi connectivity index (χ3v) is 4.22. The van der Waals surface area contributed by atoms with Gasteiger partial charge >= 0.3 is 0 Å². The molecule has 0 unspecified atom stereocenters. The monoisotopic (exact) mass is 326 g/mol. The molecule has 124 valence electrons. The van der Waals surface area contributed by atoms with Crippen LogP contribution in [0.2, 0.25) is 0 Å². The Kier molecular flexibility index (Phi) is 6.27. The van der Waals surface area contributed by atoms with Gasteiger partial charge in [0.2, 0.25) is 5.91 Å². The molecule has 22 heavy (non-hydrogen) atoms. The Labute approximate surface area is 139 Å². The fraction of sp³-hybridized carbons (Fsp3) is 0.588. The van der Waals surface area contributed by atoms with Gasteiger partial charge in [-0.1, -0.05) is 25.0 Å². The van der Waals surface area contributed by atoms with Gasteiger partial charge in [0.05, 0.1) is 12.5 Å². The number of halogens is 1. The van der Waals surface area contributed by atoms with E-state index in [-0.39, 0.29) is 18.3 Å². The maximum absolute atomic E-state index is 12.8. The molecular formula is C17H27ClN2O2. The Morgan fingerprint density at radius 3 is 2.55 bits per heavy atom. The predicted octanol–water partition coefficient (Wildman–Crippen LogP) is 2.78. The van der Waals surface area contributed by atoms with Gasteiger partial charge in [-0.2, -0.15) is 0 Å². The van der Waals surface area contributed by atoms with Crippen LogP contribution in [0.5, 0.6) is 5.75 Å². The van der Waals surface area contributed by atoms with E-state index in [9.17, 15) is 4.79 Å². The first-order valence-corrected chi connectivity index (χ1v) is 7.59. The Bertz CT molecular complexity index is 506. The number of rotatable bonds is 5. The summed E-state index contributed by atoms with van der Waals surface area (Å²) < 4.78 is 5.30. The molecule has 3 N–H and O–H groups in total. The van der Waals surface area contributed by atoms with Gasteiger partial charge in [-0.3, -0.25) is 4.79 Å². The number of nitrogens with one attached hydrogen (secondary N) is 1. The SMILES string of the molecule is COc1cccc(C2(C(=O)NCC(C)(C)N)CCCC2)c1.Cl. The first-order valence-electron chi connectivity index (χ1n) is 7.59. The van der Waals surface area contributed by atoms with E-state index in [1.807, 2.05) is 38.1 Å². The molecule has 0 aromatic heterocycles. The summed E-state index contributed by atoms with van der Waals surface area (Å²) >= 11 is 0. The Morgan fingerprint density at radius 2 is 2.00 bits per heavy atom. The van der Waals surface area contributed by atoms with Crippen molar-refractivity contribution in [2.75, 3.05) is 13.7 Å². The average Bonchev–Trinajstić information content (AvgIpc) is 2.95.